The highest BCUT2D eigenvalue weighted by Gasteiger charge is 2.34. The molecule has 0 bridgehead atoms. The number of benzene rings is 1. The summed E-state index contributed by atoms with van der Waals surface area (Å²) in [5.41, 5.74) is 0.902. The largest absolute Gasteiger partial charge is 0.464 e. The standard InChI is InChI=1S/C27H37NO6S/c29-24-8-7-21(22(24)10-19-35-26-5-3-4-25-23(26)9-15-33-25)20-32-14-2-1-6-27(30)34-18-13-28-11-16-31-17-12-28/h3-5,9,15,21-22H,1-2,6-8,10-14,16-20H2/t21-,22-/m1/s1. The molecule has 0 spiro atoms. The van der Waals surface area contributed by atoms with Crippen molar-refractivity contribution in [3.63, 3.8) is 0 Å². The first-order chi connectivity index (χ1) is 17.2. The number of hydrogen-bond acceptors (Lipinski definition) is 8. The smallest absolute Gasteiger partial charge is 0.305 e. The predicted molar refractivity (Wildman–Crippen MR) is 136 cm³/mol. The number of carbonyl (C=O) groups is 2. The minimum atomic E-state index is -0.136. The second-order valence-corrected chi connectivity index (χ2v) is 10.4. The number of thioether (sulfide) groups is 1. The minimum Gasteiger partial charge on any atom is -0.464 e. The molecule has 1 saturated carbocycles. The van der Waals surface area contributed by atoms with Gasteiger partial charge in [0.05, 0.1) is 26.1 Å². The third-order valence-electron chi connectivity index (χ3n) is 6.91. The van der Waals surface area contributed by atoms with Gasteiger partial charge in [-0.3, -0.25) is 14.5 Å². The summed E-state index contributed by atoms with van der Waals surface area (Å²) in [5.74, 6) is 1.54. The Morgan fingerprint density at radius 2 is 2.03 bits per heavy atom. The lowest BCUT2D eigenvalue weighted by Crippen LogP contribution is -2.38. The molecule has 2 aliphatic rings. The lowest BCUT2D eigenvalue weighted by molar-refractivity contribution is -0.144. The minimum absolute atomic E-state index is 0.0903. The molecule has 8 heteroatoms. The topological polar surface area (TPSA) is 78.2 Å². The molecule has 1 aliphatic heterocycles. The molecule has 1 aromatic carbocycles. The maximum atomic E-state index is 12.5. The first-order valence-corrected chi connectivity index (χ1v) is 13.8. The fourth-order valence-electron chi connectivity index (χ4n) is 4.85. The number of fused-ring (bicyclic) bond motifs is 1. The van der Waals surface area contributed by atoms with Crippen LogP contribution in [0.15, 0.2) is 39.8 Å². The van der Waals surface area contributed by atoms with Crippen molar-refractivity contribution in [2.24, 2.45) is 11.8 Å². The molecule has 0 N–H and O–H groups in total. The van der Waals surface area contributed by atoms with Crippen molar-refractivity contribution < 1.29 is 28.2 Å². The summed E-state index contributed by atoms with van der Waals surface area (Å²) in [7, 11) is 0. The van der Waals surface area contributed by atoms with Crippen molar-refractivity contribution in [2.45, 2.75) is 43.4 Å². The zero-order valence-electron chi connectivity index (χ0n) is 20.5. The maximum Gasteiger partial charge on any atom is 0.305 e. The highest BCUT2D eigenvalue weighted by atomic mass is 32.2. The zero-order chi connectivity index (χ0) is 24.3. The van der Waals surface area contributed by atoms with Gasteiger partial charge in [0.1, 0.15) is 18.0 Å². The quantitative estimate of drug-likeness (QED) is 0.211. The number of hydrogen-bond donors (Lipinski definition) is 0. The third-order valence-corrected chi connectivity index (χ3v) is 8.02. The first-order valence-electron chi connectivity index (χ1n) is 12.9. The summed E-state index contributed by atoms with van der Waals surface area (Å²) < 4.78 is 22.0. The Kier molecular flexibility index (Phi) is 10.5. The highest BCUT2D eigenvalue weighted by molar-refractivity contribution is 7.99. The second-order valence-electron chi connectivity index (χ2n) is 9.30. The van der Waals surface area contributed by atoms with E-state index in [1.165, 1.54) is 4.90 Å². The zero-order valence-corrected chi connectivity index (χ0v) is 21.3. The molecule has 0 amide bonds. The summed E-state index contributed by atoms with van der Waals surface area (Å²) in [6, 6.07) is 8.10. The molecule has 35 heavy (non-hydrogen) atoms. The van der Waals surface area contributed by atoms with Gasteiger partial charge >= 0.3 is 5.97 Å². The summed E-state index contributed by atoms with van der Waals surface area (Å²) in [6.45, 7) is 5.79. The van der Waals surface area contributed by atoms with Crippen molar-refractivity contribution in [3.8, 4) is 0 Å². The molecule has 2 fully saturated rings. The fraction of sp³-hybridized carbons (Fsp3) is 0.630. The molecule has 0 radical (unpaired) electrons. The number of morpholine rings is 1. The molecule has 7 nitrogen and oxygen atoms in total. The number of unbranched alkanes of at least 4 members (excludes halogenated alkanes) is 1. The lowest BCUT2D eigenvalue weighted by Gasteiger charge is -2.26. The van der Waals surface area contributed by atoms with Crippen LogP contribution in [-0.4, -0.2) is 75.1 Å². The van der Waals surface area contributed by atoms with Crippen LogP contribution in [0.3, 0.4) is 0 Å². The van der Waals surface area contributed by atoms with Gasteiger partial charge in [0.15, 0.2) is 0 Å². The van der Waals surface area contributed by atoms with Gasteiger partial charge in [0.25, 0.3) is 0 Å². The summed E-state index contributed by atoms with van der Waals surface area (Å²) in [6.07, 6.45) is 6.20. The number of rotatable bonds is 14. The third kappa shape index (κ3) is 8.07. The number of esters is 1. The van der Waals surface area contributed by atoms with Crippen molar-refractivity contribution in [3.05, 3.63) is 30.5 Å². The van der Waals surface area contributed by atoms with Gasteiger partial charge < -0.3 is 18.6 Å². The number of Topliss-reactive ketones (excluding diaryl/α,β-unsaturated/α-hetero) is 1. The molecular weight excluding hydrogens is 466 g/mol. The Morgan fingerprint density at radius 3 is 2.91 bits per heavy atom. The van der Waals surface area contributed by atoms with Crippen LogP contribution in [0.25, 0.3) is 11.0 Å². The van der Waals surface area contributed by atoms with Gasteiger partial charge in [-0.2, -0.15) is 0 Å². The molecule has 0 unspecified atom stereocenters. The van der Waals surface area contributed by atoms with Gasteiger partial charge in [-0.05, 0) is 55.6 Å². The van der Waals surface area contributed by atoms with Crippen molar-refractivity contribution in [2.75, 3.05) is 58.4 Å². The van der Waals surface area contributed by atoms with E-state index in [0.717, 1.165) is 75.3 Å². The van der Waals surface area contributed by atoms with E-state index in [9.17, 15) is 9.59 Å². The summed E-state index contributed by atoms with van der Waals surface area (Å²) in [5, 5.41) is 1.14. The van der Waals surface area contributed by atoms with E-state index in [2.05, 4.69) is 11.0 Å². The van der Waals surface area contributed by atoms with Gasteiger partial charge in [-0.1, -0.05) is 6.07 Å². The van der Waals surface area contributed by atoms with Crippen molar-refractivity contribution in [1.29, 1.82) is 0 Å². The van der Waals surface area contributed by atoms with E-state index >= 15 is 0 Å². The average Bonchev–Trinajstić information content (AvgIpc) is 3.49. The Balaban J connectivity index is 1.06. The Bertz CT molecular complexity index is 941. The second kappa shape index (κ2) is 14.0. The van der Waals surface area contributed by atoms with Crippen LogP contribution in [-0.2, 0) is 23.8 Å². The van der Waals surface area contributed by atoms with Crippen LogP contribution < -0.4 is 0 Å². The predicted octanol–water partition coefficient (Wildman–Crippen LogP) is 4.57. The molecule has 4 rings (SSSR count). The molecule has 2 heterocycles. The van der Waals surface area contributed by atoms with Gasteiger partial charge in [0.2, 0.25) is 0 Å². The van der Waals surface area contributed by atoms with E-state index in [4.69, 9.17) is 18.6 Å². The average molecular weight is 504 g/mol. The van der Waals surface area contributed by atoms with E-state index < -0.39 is 0 Å². The van der Waals surface area contributed by atoms with E-state index in [1.807, 2.05) is 18.2 Å². The normalized spacial score (nSPS) is 21.1. The summed E-state index contributed by atoms with van der Waals surface area (Å²) in [4.78, 5) is 27.8. The molecule has 1 aromatic heterocycles. The highest BCUT2D eigenvalue weighted by Crippen LogP contribution is 2.35. The summed E-state index contributed by atoms with van der Waals surface area (Å²) >= 11 is 1.79. The van der Waals surface area contributed by atoms with Crippen molar-refractivity contribution >= 4 is 34.5 Å². The molecule has 192 valence electrons. The fourth-order valence-corrected chi connectivity index (χ4v) is 5.95. The van der Waals surface area contributed by atoms with Gasteiger partial charge in [0, 0.05) is 55.3 Å². The first kappa shape index (κ1) is 26.2. The van der Waals surface area contributed by atoms with E-state index in [-0.39, 0.29) is 11.9 Å². The number of nitrogens with zero attached hydrogens (tertiary/aromatic N) is 1. The Labute approximate surface area is 211 Å². The van der Waals surface area contributed by atoms with Gasteiger partial charge in [-0.25, -0.2) is 0 Å². The van der Waals surface area contributed by atoms with Crippen LogP contribution in [0.1, 0.15) is 38.5 Å². The molecular formula is C27H37NO6S. The molecule has 1 aliphatic carbocycles. The van der Waals surface area contributed by atoms with Crippen LogP contribution >= 0.6 is 11.8 Å². The van der Waals surface area contributed by atoms with Crippen LogP contribution in [0.5, 0.6) is 0 Å². The molecule has 2 atom stereocenters. The van der Waals surface area contributed by atoms with E-state index in [1.54, 1.807) is 18.0 Å². The van der Waals surface area contributed by atoms with Crippen LogP contribution in [0, 0.1) is 11.8 Å². The van der Waals surface area contributed by atoms with Crippen molar-refractivity contribution in [1.82, 2.24) is 4.90 Å². The Morgan fingerprint density at radius 1 is 1.14 bits per heavy atom. The lowest BCUT2D eigenvalue weighted by atomic mass is 9.94. The molecule has 2 aromatic rings. The number of carbonyl (C=O) groups excluding carboxylic acids is 2. The van der Waals surface area contributed by atoms with E-state index in [0.29, 0.717) is 44.4 Å². The Hall–Kier alpha value is -1.87. The number of ether oxygens (including phenoxy) is 3. The monoisotopic (exact) mass is 503 g/mol. The van der Waals surface area contributed by atoms with Crippen LogP contribution in [0.2, 0.25) is 0 Å². The number of ketones is 1. The van der Waals surface area contributed by atoms with Crippen LogP contribution in [0.4, 0.5) is 0 Å². The van der Waals surface area contributed by atoms with Gasteiger partial charge in [-0.15, -0.1) is 11.8 Å². The number of furan rings is 1. The molecule has 1 saturated heterocycles. The maximum absolute atomic E-state index is 12.5. The SMILES string of the molecule is O=C(CCCCOC[C@H]1CCC(=O)[C@@H]1CCSc1cccc2occc12)OCCN1CCOCC1.